The number of carbonyl (C=O) groups is 2. The molecule has 1 saturated heterocycles. The van der Waals surface area contributed by atoms with Crippen molar-refractivity contribution in [3.05, 3.63) is 89.5 Å². The van der Waals surface area contributed by atoms with E-state index in [0.717, 1.165) is 17.6 Å². The van der Waals surface area contributed by atoms with Crippen LogP contribution < -0.4 is 4.74 Å². The normalized spacial score (nSPS) is 30.4. The molecule has 0 amide bonds. The monoisotopic (exact) mass is 546 g/mol. The summed E-state index contributed by atoms with van der Waals surface area (Å²) in [6.07, 6.45) is 4.86. The van der Waals surface area contributed by atoms with Crippen molar-refractivity contribution < 1.29 is 34.0 Å². The van der Waals surface area contributed by atoms with E-state index in [2.05, 4.69) is 13.0 Å². The van der Waals surface area contributed by atoms with Gasteiger partial charge in [0.2, 0.25) is 6.10 Å². The zero-order valence-electron chi connectivity index (χ0n) is 23.0. The Labute approximate surface area is 235 Å². The molecule has 0 saturated carbocycles. The average Bonchev–Trinajstić information content (AvgIpc) is 2.92. The molecule has 212 valence electrons. The van der Waals surface area contributed by atoms with E-state index >= 15 is 0 Å². The SMILES string of the molecule is Cc1ccc(O[C@H](C(=O)OC2CC(O)C=C3C=CC(C)C(CC[C@@H]4C[C@@H](O)CC(=O)O4)C32)c2ccccc2)cc1. The van der Waals surface area contributed by atoms with E-state index < -0.39 is 30.4 Å². The lowest BCUT2D eigenvalue weighted by molar-refractivity contribution is -0.165. The minimum Gasteiger partial charge on any atom is -0.474 e. The third kappa shape index (κ3) is 6.65. The molecule has 0 bridgehead atoms. The lowest BCUT2D eigenvalue weighted by atomic mass is 9.66. The van der Waals surface area contributed by atoms with E-state index in [9.17, 15) is 19.8 Å². The molecule has 7 heteroatoms. The van der Waals surface area contributed by atoms with Gasteiger partial charge in [-0.3, -0.25) is 4.79 Å². The van der Waals surface area contributed by atoms with Gasteiger partial charge in [-0.05, 0) is 49.3 Å². The van der Waals surface area contributed by atoms with E-state index in [1.807, 2.05) is 73.7 Å². The molecule has 1 fully saturated rings. The summed E-state index contributed by atoms with van der Waals surface area (Å²) in [6.45, 7) is 4.12. The molecule has 0 aromatic heterocycles. The molecule has 1 aliphatic heterocycles. The largest absolute Gasteiger partial charge is 0.474 e. The van der Waals surface area contributed by atoms with E-state index in [0.29, 0.717) is 30.6 Å². The van der Waals surface area contributed by atoms with Gasteiger partial charge in [0.15, 0.2) is 0 Å². The van der Waals surface area contributed by atoms with Crippen molar-refractivity contribution >= 4 is 11.9 Å². The van der Waals surface area contributed by atoms with Crippen LogP contribution in [-0.4, -0.2) is 46.6 Å². The fourth-order valence-corrected chi connectivity index (χ4v) is 6.25. The predicted octanol–water partition coefficient (Wildman–Crippen LogP) is 5.00. The van der Waals surface area contributed by atoms with E-state index in [1.165, 1.54) is 0 Å². The molecule has 5 unspecified atom stereocenters. The van der Waals surface area contributed by atoms with Crippen LogP contribution in [-0.2, 0) is 19.1 Å². The van der Waals surface area contributed by atoms with Crippen molar-refractivity contribution in [3.8, 4) is 5.75 Å². The standard InChI is InChI=1S/C33H38O7/c1-20-8-12-26(13-9-20)39-32(22-6-4-3-5-7-22)33(37)40-29-18-24(34)16-23-11-10-21(2)28(31(23)29)15-14-27-17-25(35)19-30(36)38-27/h3-13,16,21,24-25,27-29,31-32,34-35H,14-15,17-19H2,1-2H3/t21?,24?,25-,27-,28?,29?,31?,32+/m1/s1. The Bertz CT molecular complexity index is 1240. The molecule has 2 aromatic carbocycles. The van der Waals surface area contributed by atoms with Crippen LogP contribution in [0.2, 0.25) is 0 Å². The molecule has 3 aliphatic rings. The third-order valence-corrected chi connectivity index (χ3v) is 8.29. The van der Waals surface area contributed by atoms with Gasteiger partial charge in [0.25, 0.3) is 0 Å². The summed E-state index contributed by atoms with van der Waals surface area (Å²) in [6, 6.07) is 16.8. The zero-order valence-corrected chi connectivity index (χ0v) is 23.0. The number of rotatable bonds is 8. The van der Waals surface area contributed by atoms with Crippen molar-refractivity contribution in [2.24, 2.45) is 17.8 Å². The van der Waals surface area contributed by atoms with Crippen LogP contribution in [0, 0.1) is 24.7 Å². The van der Waals surface area contributed by atoms with E-state index in [1.54, 1.807) is 0 Å². The van der Waals surface area contributed by atoms with E-state index in [-0.39, 0.29) is 36.2 Å². The lowest BCUT2D eigenvalue weighted by Crippen LogP contribution is -2.43. The van der Waals surface area contributed by atoms with Crippen molar-refractivity contribution in [2.45, 2.75) is 76.5 Å². The van der Waals surface area contributed by atoms with Crippen LogP contribution in [0.1, 0.15) is 56.3 Å². The number of fused-ring (bicyclic) bond motifs is 1. The second-order valence-electron chi connectivity index (χ2n) is 11.4. The first-order chi connectivity index (χ1) is 19.3. The second-order valence-corrected chi connectivity index (χ2v) is 11.4. The highest BCUT2D eigenvalue weighted by atomic mass is 16.6. The molecule has 0 spiro atoms. The summed E-state index contributed by atoms with van der Waals surface area (Å²) >= 11 is 0. The Balaban J connectivity index is 1.36. The minimum atomic E-state index is -0.964. The first-order valence-corrected chi connectivity index (χ1v) is 14.2. The van der Waals surface area contributed by atoms with Gasteiger partial charge >= 0.3 is 11.9 Å². The summed E-state index contributed by atoms with van der Waals surface area (Å²) in [5, 5.41) is 20.7. The molecule has 7 nitrogen and oxygen atoms in total. The maximum Gasteiger partial charge on any atom is 0.352 e. The zero-order chi connectivity index (χ0) is 28.2. The summed E-state index contributed by atoms with van der Waals surface area (Å²) in [5.74, 6) is -0.127. The van der Waals surface area contributed by atoms with Gasteiger partial charge in [0, 0.05) is 24.3 Å². The molecule has 5 rings (SSSR count). The van der Waals surface area contributed by atoms with Gasteiger partial charge in [-0.1, -0.05) is 73.2 Å². The Kier molecular flexibility index (Phi) is 8.72. The fourth-order valence-electron chi connectivity index (χ4n) is 6.25. The minimum absolute atomic E-state index is 0.0394. The number of aryl methyl sites for hydroxylation is 1. The topological polar surface area (TPSA) is 102 Å². The molecule has 2 aliphatic carbocycles. The molecule has 2 N–H and O–H groups in total. The molecular weight excluding hydrogens is 508 g/mol. The number of esters is 2. The number of benzene rings is 2. The number of cyclic esters (lactones) is 1. The number of aliphatic hydroxyl groups is 2. The van der Waals surface area contributed by atoms with Gasteiger partial charge in [-0.2, -0.15) is 0 Å². The Morgan fingerprint density at radius 2 is 1.80 bits per heavy atom. The Morgan fingerprint density at radius 3 is 2.52 bits per heavy atom. The number of hydrogen-bond donors (Lipinski definition) is 2. The van der Waals surface area contributed by atoms with Gasteiger partial charge in [0.1, 0.15) is 18.0 Å². The fraction of sp³-hybridized carbons (Fsp3) is 0.455. The van der Waals surface area contributed by atoms with Gasteiger partial charge < -0.3 is 24.4 Å². The quantitative estimate of drug-likeness (QED) is 0.449. The van der Waals surface area contributed by atoms with Crippen molar-refractivity contribution in [3.63, 3.8) is 0 Å². The van der Waals surface area contributed by atoms with Gasteiger partial charge in [-0.25, -0.2) is 4.79 Å². The molecular formula is C33H38O7. The maximum atomic E-state index is 13.8. The van der Waals surface area contributed by atoms with Crippen LogP contribution >= 0.6 is 0 Å². The van der Waals surface area contributed by atoms with Crippen LogP contribution in [0.5, 0.6) is 5.75 Å². The summed E-state index contributed by atoms with van der Waals surface area (Å²) in [4.78, 5) is 25.6. The Hall–Kier alpha value is -3.42. The molecule has 40 heavy (non-hydrogen) atoms. The number of aliphatic hydroxyl groups excluding tert-OH is 2. The van der Waals surface area contributed by atoms with Crippen molar-refractivity contribution in [1.29, 1.82) is 0 Å². The first-order valence-electron chi connectivity index (χ1n) is 14.2. The van der Waals surface area contributed by atoms with E-state index in [4.69, 9.17) is 14.2 Å². The number of hydrogen-bond acceptors (Lipinski definition) is 7. The second kappa shape index (κ2) is 12.4. The number of allylic oxidation sites excluding steroid dienone is 2. The van der Waals surface area contributed by atoms with Gasteiger partial charge in [-0.15, -0.1) is 0 Å². The van der Waals surface area contributed by atoms with Crippen LogP contribution in [0.3, 0.4) is 0 Å². The van der Waals surface area contributed by atoms with Crippen molar-refractivity contribution in [1.82, 2.24) is 0 Å². The molecule has 0 radical (unpaired) electrons. The first kappa shape index (κ1) is 28.1. The van der Waals surface area contributed by atoms with Crippen LogP contribution in [0.15, 0.2) is 78.4 Å². The summed E-state index contributed by atoms with van der Waals surface area (Å²) < 4.78 is 17.9. The molecule has 2 aromatic rings. The summed E-state index contributed by atoms with van der Waals surface area (Å²) in [7, 11) is 0. The third-order valence-electron chi connectivity index (χ3n) is 8.29. The maximum absolute atomic E-state index is 13.8. The predicted molar refractivity (Wildman–Crippen MR) is 149 cm³/mol. The summed E-state index contributed by atoms with van der Waals surface area (Å²) in [5.41, 5.74) is 2.73. The van der Waals surface area contributed by atoms with Crippen LogP contribution in [0.4, 0.5) is 0 Å². The highest BCUT2D eigenvalue weighted by molar-refractivity contribution is 5.77. The highest BCUT2D eigenvalue weighted by Gasteiger charge is 2.43. The van der Waals surface area contributed by atoms with Crippen LogP contribution in [0.25, 0.3) is 0 Å². The highest BCUT2D eigenvalue weighted by Crippen LogP contribution is 2.44. The van der Waals surface area contributed by atoms with Crippen molar-refractivity contribution in [2.75, 3.05) is 0 Å². The number of ether oxygens (including phenoxy) is 3. The number of carbonyl (C=O) groups excluding carboxylic acids is 2. The lowest BCUT2D eigenvalue weighted by Gasteiger charge is -2.43. The molecule has 8 atom stereocenters. The van der Waals surface area contributed by atoms with Gasteiger partial charge in [0.05, 0.1) is 18.6 Å². The average molecular weight is 547 g/mol. The smallest absolute Gasteiger partial charge is 0.352 e. The Morgan fingerprint density at radius 1 is 1.05 bits per heavy atom. The molecule has 1 heterocycles.